The van der Waals surface area contributed by atoms with Gasteiger partial charge in [-0.3, -0.25) is 0 Å². The summed E-state index contributed by atoms with van der Waals surface area (Å²) in [4.78, 5) is 3.63. The third kappa shape index (κ3) is 5.42. The first-order valence-corrected chi connectivity index (χ1v) is 13.4. The number of aromatic nitrogens is 1. The first kappa shape index (κ1) is 26.5. The molecule has 1 aromatic carbocycles. The Balaban J connectivity index is 0.000000387. The number of hydrogen-bond donors (Lipinski definition) is 2. The van der Waals surface area contributed by atoms with Crippen LogP contribution in [0.2, 0.25) is 0 Å². The van der Waals surface area contributed by atoms with Crippen molar-refractivity contribution in [3.8, 4) is 6.07 Å². The van der Waals surface area contributed by atoms with Crippen molar-refractivity contribution in [2.75, 3.05) is 5.32 Å². The molecule has 0 spiro atoms. The lowest BCUT2D eigenvalue weighted by molar-refractivity contribution is 0.624. The normalized spacial score (nSPS) is 22.7. The van der Waals surface area contributed by atoms with E-state index in [1.54, 1.807) is 18.2 Å². The Morgan fingerprint density at radius 3 is 2.62 bits per heavy atom. The average Bonchev–Trinajstić information content (AvgIpc) is 3.72. The summed E-state index contributed by atoms with van der Waals surface area (Å²) in [5.41, 5.74) is 8.90. The van der Waals surface area contributed by atoms with Crippen LogP contribution in [0.15, 0.2) is 67.3 Å². The topological polar surface area (TPSA) is 51.6 Å². The summed E-state index contributed by atoms with van der Waals surface area (Å²) in [6.45, 7) is 13.8. The molecule has 3 nitrogen and oxygen atoms in total. The molecule has 37 heavy (non-hydrogen) atoms. The Morgan fingerprint density at radius 1 is 1.30 bits per heavy atom. The van der Waals surface area contributed by atoms with Crippen molar-refractivity contribution < 1.29 is 4.39 Å². The van der Waals surface area contributed by atoms with E-state index in [0.717, 1.165) is 65.1 Å². The Kier molecular flexibility index (Phi) is 8.03. The van der Waals surface area contributed by atoms with Gasteiger partial charge >= 0.3 is 0 Å². The van der Waals surface area contributed by atoms with Crippen molar-refractivity contribution >= 4 is 22.5 Å². The Labute approximate surface area is 221 Å². The van der Waals surface area contributed by atoms with E-state index < -0.39 is 5.82 Å². The third-order valence-electron chi connectivity index (χ3n) is 7.92. The first-order valence-electron chi connectivity index (χ1n) is 13.4. The summed E-state index contributed by atoms with van der Waals surface area (Å²) in [6, 6.07) is 6.68. The van der Waals surface area contributed by atoms with Gasteiger partial charge in [0.25, 0.3) is 0 Å². The smallest absolute Gasteiger partial charge is 0.143 e. The molecule has 3 aliphatic rings. The van der Waals surface area contributed by atoms with E-state index in [4.69, 9.17) is 0 Å². The standard InChI is InChI=1S/C26H28FN3.C7H10/c1-5-10-18-12-8-15-23-24(18)26(25(30-23)19(11-6-2)17(4)7-3)29-22-14-9-13-21(27)20(22)16-28;1-2-3-7-4-6(7)5-7/h6-7,9-11,13-14,29-30H,2,5,8,12,15H2,1,3-4H3;2,6H,1,3-5H2/b17-7-,18-10+,19-11+;. The van der Waals surface area contributed by atoms with Gasteiger partial charge in [0.05, 0.1) is 17.1 Å². The van der Waals surface area contributed by atoms with Gasteiger partial charge < -0.3 is 10.3 Å². The zero-order chi connectivity index (χ0) is 26.6. The van der Waals surface area contributed by atoms with Crippen molar-refractivity contribution in [2.45, 2.75) is 65.7 Å². The molecule has 5 rings (SSSR count). The molecule has 0 radical (unpaired) electrons. The van der Waals surface area contributed by atoms with E-state index in [9.17, 15) is 9.65 Å². The van der Waals surface area contributed by atoms with Gasteiger partial charge in [0.1, 0.15) is 17.4 Å². The molecule has 0 saturated heterocycles. The van der Waals surface area contributed by atoms with Gasteiger partial charge in [0.2, 0.25) is 0 Å². The molecular weight excluding hydrogens is 457 g/mol. The summed E-state index contributed by atoms with van der Waals surface area (Å²) in [5.74, 6) is 0.620. The van der Waals surface area contributed by atoms with Gasteiger partial charge in [-0.15, -0.1) is 6.58 Å². The predicted molar refractivity (Wildman–Crippen MR) is 154 cm³/mol. The zero-order valence-electron chi connectivity index (χ0n) is 22.4. The number of fused-ring (bicyclic) bond motifs is 2. The number of nitrogens with zero attached hydrogens (tertiary/aromatic N) is 1. The number of halogens is 1. The minimum absolute atomic E-state index is 0.0206. The molecule has 0 amide bonds. The molecule has 2 saturated carbocycles. The number of anilines is 2. The van der Waals surface area contributed by atoms with Crippen LogP contribution in [0.3, 0.4) is 0 Å². The lowest BCUT2D eigenvalue weighted by atomic mass is 9.89. The molecule has 4 heteroatoms. The highest BCUT2D eigenvalue weighted by Crippen LogP contribution is 2.77. The van der Waals surface area contributed by atoms with Gasteiger partial charge in [-0.05, 0) is 93.4 Å². The highest BCUT2D eigenvalue weighted by molar-refractivity contribution is 5.94. The van der Waals surface area contributed by atoms with Gasteiger partial charge in [-0.1, -0.05) is 49.9 Å². The molecule has 3 aliphatic carbocycles. The number of H-pyrrole nitrogens is 1. The Hall–Kier alpha value is -3.58. The van der Waals surface area contributed by atoms with Crippen molar-refractivity contribution in [2.24, 2.45) is 11.3 Å². The number of aromatic amines is 1. The quantitative estimate of drug-likeness (QED) is 0.283. The van der Waals surface area contributed by atoms with Gasteiger partial charge in [0, 0.05) is 16.8 Å². The minimum Gasteiger partial charge on any atom is -0.356 e. The predicted octanol–water partition coefficient (Wildman–Crippen LogP) is 9.41. The van der Waals surface area contributed by atoms with Crippen LogP contribution in [0, 0.1) is 28.5 Å². The molecule has 0 bridgehead atoms. The van der Waals surface area contributed by atoms with Crippen LogP contribution in [0.25, 0.3) is 11.1 Å². The molecule has 1 heterocycles. The molecule has 1 aromatic heterocycles. The maximum Gasteiger partial charge on any atom is 0.143 e. The van der Waals surface area contributed by atoms with E-state index in [2.05, 4.69) is 55.5 Å². The molecule has 0 aliphatic heterocycles. The molecule has 2 N–H and O–H groups in total. The molecule has 192 valence electrons. The lowest BCUT2D eigenvalue weighted by Crippen LogP contribution is -2.04. The lowest BCUT2D eigenvalue weighted by Gasteiger charge is -2.19. The van der Waals surface area contributed by atoms with E-state index in [1.165, 1.54) is 36.6 Å². The van der Waals surface area contributed by atoms with Gasteiger partial charge in [-0.2, -0.15) is 5.26 Å². The van der Waals surface area contributed by atoms with Crippen LogP contribution in [0.5, 0.6) is 0 Å². The van der Waals surface area contributed by atoms with Crippen molar-refractivity contribution in [3.05, 3.63) is 95.6 Å². The van der Waals surface area contributed by atoms with E-state index in [-0.39, 0.29) is 5.56 Å². The SMILES string of the molecule is C=C/C=C(\C(C)=C/C)c1[nH]c2c(c1Nc1cccc(F)c1C#N)/C(=C/CC)CCC2.C=CCC12CC1C2. The molecule has 0 unspecified atom stereocenters. The fourth-order valence-corrected chi connectivity index (χ4v) is 5.44. The number of nitriles is 1. The summed E-state index contributed by atoms with van der Waals surface area (Å²) in [6.07, 6.45) is 18.5. The summed E-state index contributed by atoms with van der Waals surface area (Å²) in [7, 11) is 0. The van der Waals surface area contributed by atoms with Crippen LogP contribution < -0.4 is 5.32 Å². The van der Waals surface area contributed by atoms with Crippen LogP contribution in [0.4, 0.5) is 15.8 Å². The maximum atomic E-state index is 14.3. The Bertz CT molecular complexity index is 1320. The van der Waals surface area contributed by atoms with Crippen molar-refractivity contribution in [1.82, 2.24) is 4.98 Å². The molecule has 0 atom stereocenters. The van der Waals surface area contributed by atoms with Crippen molar-refractivity contribution in [1.29, 1.82) is 5.26 Å². The average molecular weight is 496 g/mol. The number of benzene rings is 1. The highest BCUT2D eigenvalue weighted by atomic mass is 19.1. The summed E-state index contributed by atoms with van der Waals surface area (Å²) < 4.78 is 14.3. The number of hydrogen-bond acceptors (Lipinski definition) is 2. The monoisotopic (exact) mass is 495 g/mol. The zero-order valence-corrected chi connectivity index (χ0v) is 22.4. The van der Waals surface area contributed by atoms with Gasteiger partial charge in [0.15, 0.2) is 0 Å². The second kappa shape index (κ2) is 11.2. The number of aryl methyl sites for hydroxylation is 1. The fourth-order valence-electron chi connectivity index (χ4n) is 5.44. The van der Waals surface area contributed by atoms with Gasteiger partial charge in [-0.25, -0.2) is 4.39 Å². The number of allylic oxidation sites excluding steroid dienone is 8. The second-order valence-corrected chi connectivity index (χ2v) is 10.4. The van der Waals surface area contributed by atoms with E-state index in [1.807, 2.05) is 19.1 Å². The number of nitrogens with one attached hydrogen (secondary N) is 2. The largest absolute Gasteiger partial charge is 0.356 e. The summed E-state index contributed by atoms with van der Waals surface area (Å²) >= 11 is 0. The highest BCUT2D eigenvalue weighted by Gasteiger charge is 2.68. The molecule has 2 aromatic rings. The minimum atomic E-state index is -0.524. The molecule has 2 fully saturated rings. The van der Waals surface area contributed by atoms with E-state index in [0.29, 0.717) is 5.69 Å². The number of rotatable bonds is 8. The summed E-state index contributed by atoms with van der Waals surface area (Å²) in [5, 5.41) is 12.9. The van der Waals surface area contributed by atoms with Crippen LogP contribution >= 0.6 is 0 Å². The second-order valence-electron chi connectivity index (χ2n) is 10.4. The maximum absolute atomic E-state index is 14.3. The fraction of sp³-hybridized carbons (Fsp3) is 0.364. The van der Waals surface area contributed by atoms with Crippen molar-refractivity contribution in [3.63, 3.8) is 0 Å². The van der Waals surface area contributed by atoms with Crippen LogP contribution in [0.1, 0.15) is 81.8 Å². The first-order chi connectivity index (χ1) is 17.9. The van der Waals surface area contributed by atoms with E-state index >= 15 is 0 Å². The molecular formula is C33H38FN3. The van der Waals surface area contributed by atoms with Crippen LogP contribution in [-0.2, 0) is 6.42 Å². The third-order valence-corrected chi connectivity index (χ3v) is 7.92. The Morgan fingerprint density at radius 2 is 2.05 bits per heavy atom. The van der Waals surface area contributed by atoms with Crippen LogP contribution in [-0.4, -0.2) is 4.98 Å².